The number of aliphatic hydroxyl groups excluding tert-OH is 1. The number of carbonyl (C=O) groups excluding carboxylic acids is 1. The Morgan fingerprint density at radius 1 is 0.692 bits per heavy atom. The molecule has 0 unspecified atom stereocenters. The van der Waals surface area contributed by atoms with Gasteiger partial charge in [-0.1, -0.05) is 79.9 Å². The highest BCUT2D eigenvalue weighted by Crippen LogP contribution is 2.32. The van der Waals surface area contributed by atoms with Gasteiger partial charge < -0.3 is 5.11 Å². The fourth-order valence-corrected chi connectivity index (χ4v) is 4.22. The van der Waals surface area contributed by atoms with Gasteiger partial charge in [0.2, 0.25) is 0 Å². The topological polar surface area (TPSA) is 37.3 Å². The van der Waals surface area contributed by atoms with Crippen LogP contribution in [0.25, 0.3) is 0 Å². The predicted molar refractivity (Wildman–Crippen MR) is 106 cm³/mol. The van der Waals surface area contributed by atoms with Crippen LogP contribution in [0.4, 0.5) is 0 Å². The van der Waals surface area contributed by atoms with Gasteiger partial charge in [0.05, 0.1) is 6.10 Å². The fraction of sp³-hybridized carbons (Fsp3) is 0.458. The number of ketones is 1. The van der Waals surface area contributed by atoms with Crippen molar-refractivity contribution in [1.29, 1.82) is 0 Å². The van der Waals surface area contributed by atoms with Gasteiger partial charge in [0.25, 0.3) is 0 Å². The van der Waals surface area contributed by atoms with Crippen LogP contribution in [0.5, 0.6) is 0 Å². The molecule has 0 saturated heterocycles. The number of Topliss-reactive ketones (excluding diaryl/α,β-unsaturated/α-hetero) is 1. The van der Waals surface area contributed by atoms with Gasteiger partial charge in [-0.2, -0.15) is 0 Å². The maximum absolute atomic E-state index is 11.6. The zero-order chi connectivity index (χ0) is 18.2. The number of hydrogen-bond donors (Lipinski definition) is 1. The Labute approximate surface area is 157 Å². The third-order valence-electron chi connectivity index (χ3n) is 5.71. The van der Waals surface area contributed by atoms with Crippen molar-refractivity contribution in [3.63, 3.8) is 0 Å². The molecule has 0 radical (unpaired) electrons. The molecule has 0 heterocycles. The Kier molecular flexibility index (Phi) is 7.02. The molecule has 2 saturated carbocycles. The van der Waals surface area contributed by atoms with Crippen molar-refractivity contribution >= 4 is 5.78 Å². The molecule has 26 heavy (non-hydrogen) atoms. The van der Waals surface area contributed by atoms with E-state index in [-0.39, 0.29) is 12.0 Å². The van der Waals surface area contributed by atoms with E-state index >= 15 is 0 Å². The van der Waals surface area contributed by atoms with Crippen LogP contribution in [0, 0.1) is 0 Å². The summed E-state index contributed by atoms with van der Waals surface area (Å²) in [5.41, 5.74) is 2.50. The summed E-state index contributed by atoms with van der Waals surface area (Å²) in [6, 6.07) is 20.5. The van der Waals surface area contributed by atoms with Crippen LogP contribution >= 0.6 is 0 Å². The first-order chi connectivity index (χ1) is 12.8. The molecule has 2 aliphatic carbocycles. The van der Waals surface area contributed by atoms with E-state index in [1.165, 1.54) is 30.4 Å². The molecule has 0 aliphatic heterocycles. The lowest BCUT2D eigenvalue weighted by atomic mass is 9.82. The largest absolute Gasteiger partial charge is 0.392 e. The second-order valence-corrected chi connectivity index (χ2v) is 7.54. The maximum atomic E-state index is 11.6. The van der Waals surface area contributed by atoms with E-state index in [4.69, 9.17) is 0 Å². The van der Waals surface area contributed by atoms with Crippen molar-refractivity contribution < 1.29 is 9.90 Å². The van der Waals surface area contributed by atoms with Gasteiger partial charge in [-0.15, -0.1) is 0 Å². The average molecular weight is 351 g/mol. The van der Waals surface area contributed by atoms with E-state index in [2.05, 4.69) is 36.4 Å². The Balaban J connectivity index is 0.000000151. The first-order valence-corrected chi connectivity index (χ1v) is 10.1. The summed E-state index contributed by atoms with van der Waals surface area (Å²) in [4.78, 5) is 11.6. The minimum Gasteiger partial charge on any atom is -0.392 e. The zero-order valence-corrected chi connectivity index (χ0v) is 15.5. The summed E-state index contributed by atoms with van der Waals surface area (Å²) in [7, 11) is 0. The molecule has 2 aromatic rings. The van der Waals surface area contributed by atoms with Crippen molar-refractivity contribution in [3.05, 3.63) is 71.8 Å². The summed E-state index contributed by atoms with van der Waals surface area (Å²) in [5.74, 6) is 1.00. The number of rotatable bonds is 2. The molecular weight excluding hydrogens is 320 g/mol. The van der Waals surface area contributed by atoms with E-state index in [0.717, 1.165) is 32.1 Å². The van der Waals surface area contributed by atoms with Crippen LogP contribution in [0.3, 0.4) is 0 Å². The molecule has 138 valence electrons. The molecule has 0 aromatic heterocycles. The van der Waals surface area contributed by atoms with Gasteiger partial charge in [0, 0.05) is 18.3 Å². The van der Waals surface area contributed by atoms with Crippen LogP contribution in [0.2, 0.25) is 0 Å². The minimum absolute atomic E-state index is 0.115. The number of aliphatic hydroxyl groups is 1. The highest BCUT2D eigenvalue weighted by Gasteiger charge is 2.24. The first-order valence-electron chi connectivity index (χ1n) is 10.1. The van der Waals surface area contributed by atoms with Gasteiger partial charge in [-0.3, -0.25) is 4.79 Å². The molecule has 0 spiro atoms. The normalized spacial score (nSPS) is 25.9. The Hall–Kier alpha value is -1.93. The number of benzene rings is 2. The predicted octanol–water partition coefficient (Wildman–Crippen LogP) is 5.62. The second kappa shape index (κ2) is 9.68. The summed E-state index contributed by atoms with van der Waals surface area (Å²) in [6.07, 6.45) is 8.55. The van der Waals surface area contributed by atoms with Crippen LogP contribution < -0.4 is 0 Å². The van der Waals surface area contributed by atoms with E-state index in [1.807, 2.05) is 24.3 Å². The van der Waals surface area contributed by atoms with Crippen molar-refractivity contribution in [2.75, 3.05) is 0 Å². The van der Waals surface area contributed by atoms with Gasteiger partial charge in [-0.25, -0.2) is 0 Å². The van der Waals surface area contributed by atoms with Gasteiger partial charge in [0.1, 0.15) is 5.78 Å². The Morgan fingerprint density at radius 3 is 1.88 bits per heavy atom. The van der Waals surface area contributed by atoms with Gasteiger partial charge >= 0.3 is 0 Å². The summed E-state index contributed by atoms with van der Waals surface area (Å²) >= 11 is 0. The van der Waals surface area contributed by atoms with Crippen LogP contribution in [0.15, 0.2) is 60.7 Å². The van der Waals surface area contributed by atoms with Crippen molar-refractivity contribution in [1.82, 2.24) is 0 Å². The smallest absolute Gasteiger partial charge is 0.140 e. The lowest BCUT2D eigenvalue weighted by Crippen LogP contribution is -2.22. The molecule has 3 atom stereocenters. The third-order valence-corrected chi connectivity index (χ3v) is 5.71. The number of hydrogen-bond acceptors (Lipinski definition) is 2. The van der Waals surface area contributed by atoms with Crippen LogP contribution in [-0.2, 0) is 4.79 Å². The van der Waals surface area contributed by atoms with E-state index in [1.54, 1.807) is 0 Å². The van der Waals surface area contributed by atoms with Gasteiger partial charge in [-0.05, 0) is 36.8 Å². The monoisotopic (exact) mass is 350 g/mol. The molecule has 2 aliphatic rings. The first kappa shape index (κ1) is 18.8. The zero-order valence-electron chi connectivity index (χ0n) is 15.5. The molecule has 2 heteroatoms. The lowest BCUT2D eigenvalue weighted by molar-refractivity contribution is -0.121. The summed E-state index contributed by atoms with van der Waals surface area (Å²) in [6.45, 7) is 0. The molecule has 1 N–H and O–H groups in total. The Morgan fingerprint density at radius 2 is 1.27 bits per heavy atom. The Bertz CT molecular complexity index is 665. The highest BCUT2D eigenvalue weighted by atomic mass is 16.3. The maximum Gasteiger partial charge on any atom is 0.140 e. The average Bonchev–Trinajstić information content (AvgIpc) is 2.71. The molecule has 0 amide bonds. The second-order valence-electron chi connectivity index (χ2n) is 7.54. The van der Waals surface area contributed by atoms with Crippen molar-refractivity contribution in [2.24, 2.45) is 0 Å². The fourth-order valence-electron chi connectivity index (χ4n) is 4.22. The SMILES string of the molecule is O=C1CCCC[C@@H]1c1ccccc1.O[C@H]1CCCC[C@@H]1c1ccccc1. The quantitative estimate of drug-likeness (QED) is 0.763. The van der Waals surface area contributed by atoms with E-state index in [9.17, 15) is 9.90 Å². The summed E-state index contributed by atoms with van der Waals surface area (Å²) < 4.78 is 0. The summed E-state index contributed by atoms with van der Waals surface area (Å²) in [5, 5.41) is 9.82. The molecule has 4 rings (SSSR count). The number of carbonyl (C=O) groups is 1. The van der Waals surface area contributed by atoms with Crippen molar-refractivity contribution in [3.8, 4) is 0 Å². The molecule has 2 nitrogen and oxygen atoms in total. The van der Waals surface area contributed by atoms with E-state index < -0.39 is 0 Å². The van der Waals surface area contributed by atoms with E-state index in [0.29, 0.717) is 11.7 Å². The molecular formula is C24H30O2. The minimum atomic E-state index is -0.115. The van der Waals surface area contributed by atoms with Crippen LogP contribution in [-0.4, -0.2) is 17.0 Å². The molecule has 0 bridgehead atoms. The standard InChI is InChI=1S/C12H16O.C12H14O/c2*13-12-9-5-4-8-11(12)10-6-2-1-3-7-10/h1-3,6-7,11-13H,4-5,8-9H2;1-3,6-7,11H,4-5,8-9H2/t11-,12+;11-/m11/s1. The molecule has 2 fully saturated rings. The highest BCUT2D eigenvalue weighted by molar-refractivity contribution is 5.86. The molecule has 2 aromatic carbocycles. The van der Waals surface area contributed by atoms with Gasteiger partial charge in [0.15, 0.2) is 0 Å². The van der Waals surface area contributed by atoms with Crippen molar-refractivity contribution in [2.45, 2.75) is 69.3 Å². The van der Waals surface area contributed by atoms with Crippen LogP contribution in [0.1, 0.15) is 74.3 Å². The third kappa shape index (κ3) is 5.04. The lowest BCUT2D eigenvalue weighted by Gasteiger charge is -2.27.